The number of hydrogen-bond acceptors (Lipinski definition) is 5. The number of esters is 1. The van der Waals surface area contributed by atoms with Crippen molar-refractivity contribution in [1.82, 2.24) is 0 Å². The summed E-state index contributed by atoms with van der Waals surface area (Å²) in [4.78, 5) is 11.3. The van der Waals surface area contributed by atoms with E-state index in [2.05, 4.69) is 13.8 Å². The second-order valence-electron chi connectivity index (χ2n) is 4.54. The highest BCUT2D eigenvalue weighted by Crippen LogP contribution is 2.20. The molecule has 1 saturated heterocycles. The van der Waals surface area contributed by atoms with Crippen LogP contribution >= 0.6 is 0 Å². The van der Waals surface area contributed by atoms with E-state index >= 15 is 0 Å². The lowest BCUT2D eigenvalue weighted by atomic mass is 10.1. The van der Waals surface area contributed by atoms with E-state index in [4.69, 9.17) is 14.2 Å². The molecule has 0 amide bonds. The van der Waals surface area contributed by atoms with Gasteiger partial charge in [-0.1, -0.05) is 26.7 Å². The summed E-state index contributed by atoms with van der Waals surface area (Å²) in [6, 6.07) is 0. The molecule has 0 bridgehead atoms. The number of rotatable bonds is 9. The minimum atomic E-state index is -1.18. The number of hydrogen-bond donors (Lipinski definition) is 1. The molecule has 1 fully saturated rings. The molecular weight excluding hydrogens is 236 g/mol. The molecule has 106 valence electrons. The fourth-order valence-corrected chi connectivity index (χ4v) is 1.76. The van der Waals surface area contributed by atoms with Crippen LogP contribution < -0.4 is 0 Å². The van der Waals surface area contributed by atoms with Crippen molar-refractivity contribution in [2.24, 2.45) is 0 Å². The van der Waals surface area contributed by atoms with Crippen LogP contribution in [0.1, 0.15) is 39.5 Å². The van der Waals surface area contributed by atoms with E-state index < -0.39 is 24.3 Å². The SMILES string of the molecule is CCCCOC[C@H]1OC(=O)C(O)[C@H]1OCCCC. The van der Waals surface area contributed by atoms with Gasteiger partial charge in [-0.25, -0.2) is 4.79 Å². The molecule has 1 aliphatic heterocycles. The molecule has 0 aromatic carbocycles. The van der Waals surface area contributed by atoms with Gasteiger partial charge in [0.2, 0.25) is 0 Å². The molecule has 1 unspecified atom stereocenters. The molecule has 3 atom stereocenters. The second kappa shape index (κ2) is 8.45. The average molecular weight is 260 g/mol. The minimum absolute atomic E-state index is 0.291. The van der Waals surface area contributed by atoms with Crippen molar-refractivity contribution < 1.29 is 24.1 Å². The van der Waals surface area contributed by atoms with E-state index in [1.54, 1.807) is 0 Å². The number of aliphatic hydroxyl groups excluding tert-OH is 1. The van der Waals surface area contributed by atoms with Crippen LogP contribution in [-0.4, -0.2) is 49.2 Å². The Morgan fingerprint density at radius 3 is 2.56 bits per heavy atom. The Hall–Kier alpha value is -0.650. The van der Waals surface area contributed by atoms with Crippen molar-refractivity contribution in [3.63, 3.8) is 0 Å². The normalized spacial score (nSPS) is 27.5. The molecule has 1 rings (SSSR count). The number of ether oxygens (including phenoxy) is 3. The van der Waals surface area contributed by atoms with Crippen molar-refractivity contribution in [2.75, 3.05) is 19.8 Å². The molecule has 1 aliphatic rings. The molecule has 1 heterocycles. The van der Waals surface area contributed by atoms with E-state index in [1.165, 1.54) is 0 Å². The minimum Gasteiger partial charge on any atom is -0.455 e. The van der Waals surface area contributed by atoms with Crippen molar-refractivity contribution >= 4 is 5.97 Å². The highest BCUT2D eigenvalue weighted by Gasteiger charge is 2.44. The molecule has 0 aliphatic carbocycles. The Labute approximate surface area is 108 Å². The predicted molar refractivity (Wildman–Crippen MR) is 66.3 cm³/mol. The second-order valence-corrected chi connectivity index (χ2v) is 4.54. The van der Waals surface area contributed by atoms with Gasteiger partial charge >= 0.3 is 5.97 Å². The van der Waals surface area contributed by atoms with Crippen LogP contribution in [-0.2, 0) is 19.0 Å². The van der Waals surface area contributed by atoms with Crippen LogP contribution in [0.15, 0.2) is 0 Å². The Bertz CT molecular complexity index is 244. The van der Waals surface area contributed by atoms with E-state index in [0.29, 0.717) is 19.8 Å². The third-order valence-corrected chi connectivity index (χ3v) is 2.92. The summed E-state index contributed by atoms with van der Waals surface area (Å²) in [6.07, 6.45) is 1.69. The molecule has 0 aromatic heterocycles. The van der Waals surface area contributed by atoms with Crippen LogP contribution in [0.3, 0.4) is 0 Å². The smallest absolute Gasteiger partial charge is 0.338 e. The van der Waals surface area contributed by atoms with Crippen LogP contribution in [0.5, 0.6) is 0 Å². The molecule has 5 heteroatoms. The Morgan fingerprint density at radius 2 is 1.89 bits per heavy atom. The first-order valence-electron chi connectivity index (χ1n) is 6.78. The molecule has 0 spiro atoms. The van der Waals surface area contributed by atoms with Crippen LogP contribution in [0, 0.1) is 0 Å². The van der Waals surface area contributed by atoms with Gasteiger partial charge in [0.1, 0.15) is 6.10 Å². The topological polar surface area (TPSA) is 65.0 Å². The summed E-state index contributed by atoms with van der Waals surface area (Å²) in [5.41, 5.74) is 0. The standard InChI is InChI=1S/C13H24O5/c1-3-5-7-16-9-10-12(17-8-6-4-2)11(14)13(15)18-10/h10-12,14H,3-9H2,1-2H3/t10-,11?,12+/m1/s1. The van der Waals surface area contributed by atoms with Crippen LogP contribution in [0.2, 0.25) is 0 Å². The Morgan fingerprint density at radius 1 is 1.22 bits per heavy atom. The summed E-state index contributed by atoms with van der Waals surface area (Å²) in [5.74, 6) is -0.611. The zero-order chi connectivity index (χ0) is 13.4. The summed E-state index contributed by atoms with van der Waals surface area (Å²) in [5, 5.41) is 9.67. The highest BCUT2D eigenvalue weighted by atomic mass is 16.6. The quantitative estimate of drug-likeness (QED) is 0.499. The molecule has 0 aromatic rings. The first-order valence-corrected chi connectivity index (χ1v) is 6.78. The van der Waals surface area contributed by atoms with Crippen molar-refractivity contribution in [3.8, 4) is 0 Å². The van der Waals surface area contributed by atoms with Crippen molar-refractivity contribution in [1.29, 1.82) is 0 Å². The maximum atomic E-state index is 11.3. The van der Waals surface area contributed by atoms with Crippen LogP contribution in [0.25, 0.3) is 0 Å². The summed E-state index contributed by atoms with van der Waals surface area (Å²) in [7, 11) is 0. The number of carbonyl (C=O) groups is 1. The number of unbranched alkanes of at least 4 members (excludes halogenated alkanes) is 2. The van der Waals surface area contributed by atoms with Gasteiger partial charge in [-0.05, 0) is 12.8 Å². The van der Waals surface area contributed by atoms with Gasteiger partial charge in [0, 0.05) is 13.2 Å². The fraction of sp³-hybridized carbons (Fsp3) is 0.923. The van der Waals surface area contributed by atoms with Gasteiger partial charge in [0.05, 0.1) is 6.61 Å². The van der Waals surface area contributed by atoms with Gasteiger partial charge < -0.3 is 19.3 Å². The predicted octanol–water partition coefficient (Wildman–Crippen LogP) is 1.27. The molecule has 18 heavy (non-hydrogen) atoms. The maximum Gasteiger partial charge on any atom is 0.338 e. The van der Waals surface area contributed by atoms with E-state index in [-0.39, 0.29) is 0 Å². The zero-order valence-electron chi connectivity index (χ0n) is 11.3. The summed E-state index contributed by atoms with van der Waals surface area (Å²) >= 11 is 0. The monoisotopic (exact) mass is 260 g/mol. The molecule has 0 saturated carbocycles. The number of cyclic esters (lactones) is 1. The van der Waals surface area contributed by atoms with Gasteiger partial charge in [0.15, 0.2) is 12.2 Å². The van der Waals surface area contributed by atoms with Gasteiger partial charge in [-0.15, -0.1) is 0 Å². The van der Waals surface area contributed by atoms with Crippen molar-refractivity contribution in [3.05, 3.63) is 0 Å². The number of aliphatic hydroxyl groups is 1. The van der Waals surface area contributed by atoms with Gasteiger partial charge in [-0.2, -0.15) is 0 Å². The number of carbonyl (C=O) groups excluding carboxylic acids is 1. The zero-order valence-corrected chi connectivity index (χ0v) is 11.3. The highest BCUT2D eigenvalue weighted by molar-refractivity contribution is 5.77. The molecule has 5 nitrogen and oxygen atoms in total. The Kier molecular flexibility index (Phi) is 7.23. The van der Waals surface area contributed by atoms with Crippen molar-refractivity contribution in [2.45, 2.75) is 57.8 Å². The molecular formula is C13H24O5. The van der Waals surface area contributed by atoms with Crippen LogP contribution in [0.4, 0.5) is 0 Å². The lowest BCUT2D eigenvalue weighted by Gasteiger charge is -2.19. The largest absolute Gasteiger partial charge is 0.455 e. The third kappa shape index (κ3) is 4.55. The fourth-order valence-electron chi connectivity index (χ4n) is 1.76. The van der Waals surface area contributed by atoms with Gasteiger partial charge in [-0.3, -0.25) is 0 Å². The van der Waals surface area contributed by atoms with E-state index in [1.807, 2.05) is 0 Å². The van der Waals surface area contributed by atoms with Gasteiger partial charge in [0.25, 0.3) is 0 Å². The Balaban J connectivity index is 2.35. The summed E-state index contributed by atoms with van der Waals surface area (Å²) in [6.45, 7) is 5.60. The summed E-state index contributed by atoms with van der Waals surface area (Å²) < 4.78 is 16.0. The molecule has 1 N–H and O–H groups in total. The maximum absolute atomic E-state index is 11.3. The lowest BCUT2D eigenvalue weighted by Crippen LogP contribution is -2.36. The first-order chi connectivity index (χ1) is 8.70. The average Bonchev–Trinajstić information content (AvgIpc) is 2.63. The lowest BCUT2D eigenvalue weighted by molar-refractivity contribution is -0.148. The van der Waals surface area contributed by atoms with E-state index in [9.17, 15) is 9.90 Å². The molecule has 0 radical (unpaired) electrons. The third-order valence-electron chi connectivity index (χ3n) is 2.92. The van der Waals surface area contributed by atoms with E-state index in [0.717, 1.165) is 25.7 Å². The first kappa shape index (κ1) is 15.4.